The summed E-state index contributed by atoms with van der Waals surface area (Å²) >= 11 is 5.97. The van der Waals surface area contributed by atoms with E-state index in [2.05, 4.69) is 5.32 Å². The van der Waals surface area contributed by atoms with Gasteiger partial charge in [0.15, 0.2) is 0 Å². The lowest BCUT2D eigenvalue weighted by Crippen LogP contribution is -2.16. The SMILES string of the molecule is O=C(Cc1ccc(OCc2ccccc2)cc1)Nc1c(C(=O)O)oc2cc(-c3ccc(Cl)cc3)ccc12. The van der Waals surface area contributed by atoms with Gasteiger partial charge in [-0.05, 0) is 58.7 Å². The Morgan fingerprint density at radius 3 is 2.24 bits per heavy atom. The molecule has 0 unspecified atom stereocenters. The lowest BCUT2D eigenvalue weighted by atomic mass is 10.0. The maximum Gasteiger partial charge on any atom is 0.374 e. The molecule has 1 amide bonds. The van der Waals surface area contributed by atoms with Gasteiger partial charge in [0.2, 0.25) is 11.7 Å². The first-order chi connectivity index (χ1) is 18.0. The summed E-state index contributed by atoms with van der Waals surface area (Å²) < 4.78 is 11.4. The summed E-state index contributed by atoms with van der Waals surface area (Å²) in [7, 11) is 0. The van der Waals surface area contributed by atoms with Crippen LogP contribution in [-0.2, 0) is 17.8 Å². The number of carboxylic acid groups (broad SMARTS) is 1. The van der Waals surface area contributed by atoms with E-state index in [1.54, 1.807) is 36.4 Å². The number of carbonyl (C=O) groups excluding carboxylic acids is 1. The second kappa shape index (κ2) is 10.6. The minimum absolute atomic E-state index is 0.0631. The van der Waals surface area contributed by atoms with Crippen molar-refractivity contribution in [2.75, 3.05) is 5.32 Å². The smallest absolute Gasteiger partial charge is 0.374 e. The van der Waals surface area contributed by atoms with Crippen LogP contribution in [0.3, 0.4) is 0 Å². The zero-order valence-electron chi connectivity index (χ0n) is 19.6. The van der Waals surface area contributed by atoms with E-state index in [-0.39, 0.29) is 23.8 Å². The molecule has 1 heterocycles. The molecule has 37 heavy (non-hydrogen) atoms. The molecular weight excluding hydrogens is 490 g/mol. The molecule has 1 aromatic heterocycles. The maximum atomic E-state index is 12.8. The first-order valence-electron chi connectivity index (χ1n) is 11.6. The average molecular weight is 512 g/mol. The number of aromatic carboxylic acids is 1. The Morgan fingerprint density at radius 2 is 1.54 bits per heavy atom. The predicted molar refractivity (Wildman–Crippen MR) is 143 cm³/mol. The molecule has 0 radical (unpaired) electrons. The van der Waals surface area contributed by atoms with Crippen LogP contribution in [0.2, 0.25) is 5.02 Å². The topological polar surface area (TPSA) is 88.8 Å². The summed E-state index contributed by atoms with van der Waals surface area (Å²) in [5.41, 5.74) is 4.06. The minimum Gasteiger partial charge on any atom is -0.489 e. The molecule has 184 valence electrons. The number of benzene rings is 4. The number of rotatable bonds is 8. The predicted octanol–water partition coefficient (Wildman–Crippen LogP) is 7.21. The van der Waals surface area contributed by atoms with Crippen LogP contribution in [0.25, 0.3) is 22.1 Å². The number of anilines is 1. The van der Waals surface area contributed by atoms with Crippen LogP contribution in [0.4, 0.5) is 5.69 Å². The Hall–Kier alpha value is -4.55. The van der Waals surface area contributed by atoms with Gasteiger partial charge in [-0.3, -0.25) is 4.79 Å². The van der Waals surface area contributed by atoms with Crippen LogP contribution in [0.1, 0.15) is 21.7 Å². The van der Waals surface area contributed by atoms with E-state index in [0.29, 0.717) is 28.3 Å². The standard InChI is InChI=1S/C30H22ClNO5/c31-23-11-8-21(9-12-23)22-10-15-25-26(17-22)37-29(30(34)35)28(25)32-27(33)16-19-6-13-24(14-7-19)36-18-20-4-2-1-3-5-20/h1-15,17H,16,18H2,(H,32,33)(H,34,35). The molecule has 5 aromatic rings. The van der Waals surface area contributed by atoms with E-state index in [1.165, 1.54) is 0 Å². The second-order valence-corrected chi connectivity index (χ2v) is 8.91. The van der Waals surface area contributed by atoms with Crippen molar-refractivity contribution < 1.29 is 23.8 Å². The number of ether oxygens (including phenoxy) is 1. The fourth-order valence-corrected chi connectivity index (χ4v) is 4.13. The Morgan fingerprint density at radius 1 is 0.838 bits per heavy atom. The average Bonchev–Trinajstić information content (AvgIpc) is 3.27. The Labute approximate surface area is 218 Å². The van der Waals surface area contributed by atoms with Crippen LogP contribution in [0, 0.1) is 0 Å². The van der Waals surface area contributed by atoms with Crippen molar-refractivity contribution in [3.8, 4) is 16.9 Å². The molecule has 6 nitrogen and oxygen atoms in total. The minimum atomic E-state index is -1.26. The molecule has 2 N–H and O–H groups in total. The zero-order chi connectivity index (χ0) is 25.8. The number of nitrogens with one attached hydrogen (secondary N) is 1. The quantitative estimate of drug-likeness (QED) is 0.230. The molecule has 0 aliphatic carbocycles. The highest BCUT2D eigenvalue weighted by molar-refractivity contribution is 6.30. The molecule has 0 atom stereocenters. The molecule has 0 fully saturated rings. The van der Waals surface area contributed by atoms with Gasteiger partial charge in [0, 0.05) is 10.4 Å². The third kappa shape index (κ3) is 5.66. The van der Waals surface area contributed by atoms with E-state index in [1.807, 2.05) is 60.7 Å². The van der Waals surface area contributed by atoms with Gasteiger partial charge in [-0.2, -0.15) is 0 Å². The molecule has 0 saturated heterocycles. The summed E-state index contributed by atoms with van der Waals surface area (Å²) in [6.45, 7) is 0.450. The highest BCUT2D eigenvalue weighted by Gasteiger charge is 2.22. The fourth-order valence-electron chi connectivity index (χ4n) is 4.01. The molecule has 0 bridgehead atoms. The van der Waals surface area contributed by atoms with Gasteiger partial charge in [-0.25, -0.2) is 4.79 Å². The summed E-state index contributed by atoms with van der Waals surface area (Å²) in [6.07, 6.45) is 0.0631. The zero-order valence-corrected chi connectivity index (χ0v) is 20.4. The van der Waals surface area contributed by atoms with E-state index in [0.717, 1.165) is 22.3 Å². The number of fused-ring (bicyclic) bond motifs is 1. The number of carboxylic acids is 1. The Kier molecular flexibility index (Phi) is 6.92. The lowest BCUT2D eigenvalue weighted by Gasteiger charge is -2.08. The summed E-state index contributed by atoms with van der Waals surface area (Å²) in [5, 5.41) is 13.5. The van der Waals surface area contributed by atoms with Crippen molar-refractivity contribution in [3.63, 3.8) is 0 Å². The van der Waals surface area contributed by atoms with Crippen LogP contribution in [-0.4, -0.2) is 17.0 Å². The normalized spacial score (nSPS) is 10.8. The number of carbonyl (C=O) groups is 2. The lowest BCUT2D eigenvalue weighted by molar-refractivity contribution is -0.115. The third-order valence-corrected chi connectivity index (χ3v) is 6.11. The van der Waals surface area contributed by atoms with Crippen molar-refractivity contribution in [1.82, 2.24) is 0 Å². The Balaban J connectivity index is 1.30. The number of hydrogen-bond acceptors (Lipinski definition) is 4. The van der Waals surface area contributed by atoms with Crippen molar-refractivity contribution in [3.05, 3.63) is 119 Å². The molecule has 0 aliphatic rings. The van der Waals surface area contributed by atoms with Crippen LogP contribution < -0.4 is 10.1 Å². The number of halogens is 1. The van der Waals surface area contributed by atoms with Gasteiger partial charge in [0.25, 0.3) is 0 Å². The number of amides is 1. The highest BCUT2D eigenvalue weighted by atomic mass is 35.5. The maximum absolute atomic E-state index is 12.8. The van der Waals surface area contributed by atoms with Gasteiger partial charge in [0.05, 0.1) is 6.42 Å². The van der Waals surface area contributed by atoms with Gasteiger partial charge >= 0.3 is 5.97 Å². The fraction of sp³-hybridized carbons (Fsp3) is 0.0667. The summed E-state index contributed by atoms with van der Waals surface area (Å²) in [5.74, 6) is -1.25. The molecule has 0 spiro atoms. The van der Waals surface area contributed by atoms with Gasteiger partial charge in [-0.1, -0.05) is 72.3 Å². The van der Waals surface area contributed by atoms with Gasteiger partial charge in [-0.15, -0.1) is 0 Å². The molecular formula is C30H22ClNO5. The van der Waals surface area contributed by atoms with Crippen molar-refractivity contribution in [2.24, 2.45) is 0 Å². The molecule has 4 aromatic carbocycles. The van der Waals surface area contributed by atoms with Crippen molar-refractivity contribution >= 4 is 40.1 Å². The summed E-state index contributed by atoms with van der Waals surface area (Å²) in [4.78, 5) is 24.7. The monoisotopic (exact) mass is 511 g/mol. The van der Waals surface area contributed by atoms with E-state index in [4.69, 9.17) is 20.8 Å². The first kappa shape index (κ1) is 24.2. The number of hydrogen-bond donors (Lipinski definition) is 2. The van der Waals surface area contributed by atoms with Crippen molar-refractivity contribution in [1.29, 1.82) is 0 Å². The Bertz CT molecular complexity index is 1560. The molecule has 5 rings (SSSR count). The first-order valence-corrected chi connectivity index (χ1v) is 12.0. The molecule has 7 heteroatoms. The number of furan rings is 1. The van der Waals surface area contributed by atoms with Gasteiger partial charge < -0.3 is 19.6 Å². The van der Waals surface area contributed by atoms with E-state index in [9.17, 15) is 14.7 Å². The van der Waals surface area contributed by atoms with Gasteiger partial charge in [0.1, 0.15) is 23.6 Å². The van der Waals surface area contributed by atoms with Crippen LogP contribution >= 0.6 is 11.6 Å². The molecule has 0 aliphatic heterocycles. The highest BCUT2D eigenvalue weighted by Crippen LogP contribution is 2.34. The van der Waals surface area contributed by atoms with E-state index < -0.39 is 5.97 Å². The van der Waals surface area contributed by atoms with Crippen molar-refractivity contribution in [2.45, 2.75) is 13.0 Å². The third-order valence-electron chi connectivity index (χ3n) is 5.86. The largest absolute Gasteiger partial charge is 0.489 e. The van der Waals surface area contributed by atoms with Crippen LogP contribution in [0.15, 0.2) is 101 Å². The van der Waals surface area contributed by atoms with Crippen LogP contribution in [0.5, 0.6) is 5.75 Å². The summed E-state index contributed by atoms with van der Waals surface area (Å²) in [6, 6.07) is 29.7. The molecule has 0 saturated carbocycles. The second-order valence-electron chi connectivity index (χ2n) is 8.47. The van der Waals surface area contributed by atoms with E-state index >= 15 is 0 Å².